The quantitative estimate of drug-likeness (QED) is 0.280. The average Bonchev–Trinajstić information content (AvgIpc) is 3.37. The number of likely N-dealkylation sites (tertiary alicyclic amines) is 1. The van der Waals surface area contributed by atoms with Crippen molar-refractivity contribution >= 4 is 50.5 Å². The number of nitrogens with one attached hydrogen (secondary N) is 3. The molecule has 9 nitrogen and oxygen atoms in total. The number of benzene rings is 2. The van der Waals surface area contributed by atoms with Crippen LogP contribution in [-0.4, -0.2) is 54.3 Å². The monoisotopic (exact) mass is 558 g/mol. The first-order valence-electron chi connectivity index (χ1n) is 12.6. The van der Waals surface area contributed by atoms with Crippen molar-refractivity contribution in [2.24, 2.45) is 0 Å². The highest BCUT2D eigenvalue weighted by molar-refractivity contribution is 7.94. The highest BCUT2D eigenvalue weighted by Gasteiger charge is 2.29. The lowest BCUT2D eigenvalue weighted by Gasteiger charge is -2.21. The zero-order chi connectivity index (χ0) is 27.3. The minimum absolute atomic E-state index is 0.291. The van der Waals surface area contributed by atoms with E-state index in [2.05, 4.69) is 30.2 Å². The number of nitrogens with zero attached hydrogens (tertiary/aromatic N) is 3. The van der Waals surface area contributed by atoms with Crippen LogP contribution in [-0.2, 0) is 10.0 Å². The van der Waals surface area contributed by atoms with Crippen LogP contribution in [0.25, 0.3) is 0 Å². The van der Waals surface area contributed by atoms with Crippen molar-refractivity contribution < 1.29 is 13.2 Å². The summed E-state index contributed by atoms with van der Waals surface area (Å²) in [6.45, 7) is 10.7. The summed E-state index contributed by atoms with van der Waals surface area (Å²) in [5, 5.41) is 6.75. The first kappa shape index (κ1) is 27.9. The summed E-state index contributed by atoms with van der Waals surface area (Å²) in [4.78, 5) is 11.4. The van der Waals surface area contributed by atoms with E-state index in [9.17, 15) is 8.42 Å². The number of hydrogen-bond acceptors (Lipinski definition) is 8. The fourth-order valence-electron chi connectivity index (χ4n) is 3.81. The Hall–Kier alpha value is -3.08. The Morgan fingerprint density at radius 2 is 1.71 bits per heavy atom. The van der Waals surface area contributed by atoms with Crippen molar-refractivity contribution in [1.29, 1.82) is 0 Å². The normalized spacial score (nSPS) is 14.3. The molecule has 4 rings (SSSR count). The smallest absolute Gasteiger partial charge is 0.237 e. The molecule has 204 valence electrons. The predicted molar refractivity (Wildman–Crippen MR) is 155 cm³/mol. The predicted octanol–water partition coefficient (Wildman–Crippen LogP) is 5.94. The Morgan fingerprint density at radius 3 is 2.39 bits per heavy atom. The van der Waals surface area contributed by atoms with E-state index in [4.69, 9.17) is 16.3 Å². The van der Waals surface area contributed by atoms with Gasteiger partial charge in [-0.05, 0) is 96.1 Å². The molecule has 0 saturated carbocycles. The number of hydrogen-bond donors (Lipinski definition) is 3. The van der Waals surface area contributed by atoms with Crippen LogP contribution in [0.1, 0.15) is 39.2 Å². The van der Waals surface area contributed by atoms with Crippen molar-refractivity contribution in [1.82, 2.24) is 14.9 Å². The molecular formula is C27H35ClN6O3S. The lowest BCUT2D eigenvalue weighted by atomic mass is 10.2. The number of aromatic nitrogens is 2. The van der Waals surface area contributed by atoms with Gasteiger partial charge in [0.05, 0.1) is 15.5 Å². The van der Waals surface area contributed by atoms with Gasteiger partial charge in [0.1, 0.15) is 18.2 Å². The SMILES string of the molecule is Cc1cnc(Nc2ccc(OCCN3CCCC3)cc2)nc1Nc1ccc(Cl)c(NS(=O)(=O)C(C)(C)C)c1. The minimum atomic E-state index is -3.63. The molecule has 0 aliphatic carbocycles. The summed E-state index contributed by atoms with van der Waals surface area (Å²) in [5.74, 6) is 1.82. The van der Waals surface area contributed by atoms with E-state index < -0.39 is 14.8 Å². The second-order valence-electron chi connectivity index (χ2n) is 10.3. The molecule has 0 amide bonds. The fraction of sp³-hybridized carbons (Fsp3) is 0.407. The van der Waals surface area contributed by atoms with E-state index >= 15 is 0 Å². The molecule has 1 fully saturated rings. The van der Waals surface area contributed by atoms with Gasteiger partial charge in [-0.3, -0.25) is 9.62 Å². The summed E-state index contributed by atoms with van der Waals surface area (Å²) in [5.41, 5.74) is 2.57. The maximum Gasteiger partial charge on any atom is 0.237 e. The van der Waals surface area contributed by atoms with Gasteiger partial charge in [0, 0.05) is 29.7 Å². The summed E-state index contributed by atoms with van der Waals surface area (Å²) in [6.07, 6.45) is 4.27. The number of aryl methyl sites for hydroxylation is 1. The van der Waals surface area contributed by atoms with E-state index in [-0.39, 0.29) is 0 Å². The van der Waals surface area contributed by atoms with Crippen LogP contribution in [0.2, 0.25) is 5.02 Å². The molecular weight excluding hydrogens is 524 g/mol. The van der Waals surface area contributed by atoms with Gasteiger partial charge in [0.2, 0.25) is 16.0 Å². The van der Waals surface area contributed by atoms with Crippen molar-refractivity contribution in [3.8, 4) is 5.75 Å². The third kappa shape index (κ3) is 7.27. The van der Waals surface area contributed by atoms with Crippen LogP contribution in [0.15, 0.2) is 48.7 Å². The largest absolute Gasteiger partial charge is 0.492 e. The third-order valence-electron chi connectivity index (χ3n) is 6.24. The van der Waals surface area contributed by atoms with Gasteiger partial charge in [0.25, 0.3) is 0 Å². The standard InChI is InChI=1S/C27H35ClN6O3S/c1-19-18-29-26(31-20-7-10-22(11-8-20)37-16-15-34-13-5-6-14-34)32-25(19)30-21-9-12-23(28)24(17-21)33-38(35,36)27(2,3)4/h7-12,17-18,33H,5-6,13-16H2,1-4H3,(H2,29,30,31,32). The number of anilines is 5. The van der Waals surface area contributed by atoms with Crippen LogP contribution >= 0.6 is 11.6 Å². The first-order valence-corrected chi connectivity index (χ1v) is 14.5. The number of rotatable bonds is 10. The molecule has 1 aliphatic rings. The van der Waals surface area contributed by atoms with Crippen molar-refractivity contribution in [2.45, 2.75) is 45.3 Å². The lowest BCUT2D eigenvalue weighted by Crippen LogP contribution is -2.33. The third-order valence-corrected chi connectivity index (χ3v) is 8.67. The van der Waals surface area contributed by atoms with Gasteiger partial charge >= 0.3 is 0 Å². The molecule has 2 aromatic carbocycles. The van der Waals surface area contributed by atoms with Crippen LogP contribution in [0, 0.1) is 6.92 Å². The molecule has 0 bridgehead atoms. The Bertz CT molecular complexity index is 1350. The van der Waals surface area contributed by atoms with Crippen LogP contribution < -0.4 is 20.1 Å². The molecule has 0 atom stereocenters. The van der Waals surface area contributed by atoms with Crippen molar-refractivity contribution in [3.05, 3.63) is 59.2 Å². The molecule has 1 aliphatic heterocycles. The van der Waals surface area contributed by atoms with Gasteiger partial charge in [-0.25, -0.2) is 13.4 Å². The minimum Gasteiger partial charge on any atom is -0.492 e. The topological polar surface area (TPSA) is 108 Å². The molecule has 0 spiro atoms. The maximum absolute atomic E-state index is 12.6. The van der Waals surface area contributed by atoms with Crippen LogP contribution in [0.5, 0.6) is 5.75 Å². The number of halogens is 1. The highest BCUT2D eigenvalue weighted by atomic mass is 35.5. The van der Waals surface area contributed by atoms with E-state index in [0.717, 1.165) is 36.6 Å². The molecule has 3 aromatic rings. The summed E-state index contributed by atoms with van der Waals surface area (Å²) >= 11 is 6.27. The molecule has 2 heterocycles. The molecule has 1 aromatic heterocycles. The van der Waals surface area contributed by atoms with Crippen LogP contribution in [0.3, 0.4) is 0 Å². The van der Waals surface area contributed by atoms with Gasteiger partial charge in [-0.15, -0.1) is 0 Å². The van der Waals surface area contributed by atoms with E-state index in [1.807, 2.05) is 31.2 Å². The van der Waals surface area contributed by atoms with Gasteiger partial charge in [-0.1, -0.05) is 11.6 Å². The Balaban J connectivity index is 1.40. The molecule has 0 radical (unpaired) electrons. The Morgan fingerprint density at radius 1 is 1.03 bits per heavy atom. The number of ether oxygens (including phenoxy) is 1. The number of sulfonamides is 1. The second-order valence-corrected chi connectivity index (χ2v) is 13.2. The van der Waals surface area contributed by atoms with E-state index in [0.29, 0.717) is 34.8 Å². The van der Waals surface area contributed by atoms with Crippen LogP contribution in [0.4, 0.5) is 28.8 Å². The maximum atomic E-state index is 12.6. The zero-order valence-corrected chi connectivity index (χ0v) is 23.8. The molecule has 0 unspecified atom stereocenters. The fourth-order valence-corrected chi connectivity index (χ4v) is 4.79. The molecule has 3 N–H and O–H groups in total. The lowest BCUT2D eigenvalue weighted by molar-refractivity contribution is 0.238. The van der Waals surface area contributed by atoms with Gasteiger partial charge in [-0.2, -0.15) is 4.98 Å². The van der Waals surface area contributed by atoms with E-state index in [1.165, 1.54) is 12.8 Å². The van der Waals surface area contributed by atoms with E-state index in [1.54, 1.807) is 45.2 Å². The highest BCUT2D eigenvalue weighted by Crippen LogP contribution is 2.31. The van der Waals surface area contributed by atoms with Gasteiger partial charge < -0.3 is 15.4 Å². The summed E-state index contributed by atoms with van der Waals surface area (Å²) in [6, 6.07) is 12.7. The summed E-state index contributed by atoms with van der Waals surface area (Å²) < 4.78 is 32.7. The molecule has 38 heavy (non-hydrogen) atoms. The van der Waals surface area contributed by atoms with Crippen molar-refractivity contribution in [3.63, 3.8) is 0 Å². The molecule has 11 heteroatoms. The molecule has 1 saturated heterocycles. The first-order chi connectivity index (χ1) is 18.0. The zero-order valence-electron chi connectivity index (χ0n) is 22.2. The average molecular weight is 559 g/mol. The Labute approximate surface area is 230 Å². The van der Waals surface area contributed by atoms with Crippen molar-refractivity contribution in [2.75, 3.05) is 41.6 Å². The summed E-state index contributed by atoms with van der Waals surface area (Å²) in [7, 11) is -3.63. The Kier molecular flexibility index (Phi) is 8.64. The second kappa shape index (κ2) is 11.8. The van der Waals surface area contributed by atoms with Gasteiger partial charge in [0.15, 0.2) is 0 Å².